The van der Waals surface area contributed by atoms with Crippen LogP contribution in [0.1, 0.15) is 62.5 Å². The van der Waals surface area contributed by atoms with E-state index in [1.807, 2.05) is 11.3 Å². The molecule has 49 heavy (non-hydrogen) atoms. The van der Waals surface area contributed by atoms with Gasteiger partial charge in [-0.3, -0.25) is 0 Å². The lowest BCUT2D eigenvalue weighted by molar-refractivity contribution is 0.223. The maximum Gasteiger partial charge on any atom is 0.0491 e. The summed E-state index contributed by atoms with van der Waals surface area (Å²) in [5.41, 5.74) is 11.9. The molecule has 6 aromatic carbocycles. The zero-order chi connectivity index (χ0) is 32.8. The van der Waals surface area contributed by atoms with Gasteiger partial charge in [-0.25, -0.2) is 0 Å². The molecule has 0 N–H and O–H groups in total. The van der Waals surface area contributed by atoms with Crippen LogP contribution in [0.4, 0.5) is 17.1 Å². The van der Waals surface area contributed by atoms with E-state index in [4.69, 9.17) is 0 Å². The first-order valence-corrected chi connectivity index (χ1v) is 19.0. The molecule has 0 spiro atoms. The average molecular weight is 654 g/mol. The second-order valence-electron chi connectivity index (χ2n) is 14.6. The van der Waals surface area contributed by atoms with Gasteiger partial charge < -0.3 is 4.90 Å². The molecule has 2 aliphatic carbocycles. The van der Waals surface area contributed by atoms with Crippen LogP contribution in [-0.2, 0) is 5.41 Å². The van der Waals surface area contributed by atoms with E-state index in [1.165, 1.54) is 111 Å². The fraction of sp³-hybridized carbons (Fsp3) is 0.234. The molecule has 2 bridgehead atoms. The molecule has 2 saturated carbocycles. The first-order valence-electron chi connectivity index (χ1n) is 18.2. The number of nitrogens with zero attached hydrogens (tertiary/aromatic N) is 1. The number of rotatable bonds is 6. The predicted molar refractivity (Wildman–Crippen MR) is 212 cm³/mol. The maximum atomic E-state index is 2.47. The first kappa shape index (κ1) is 30.4. The minimum Gasteiger partial charge on any atom is -0.310 e. The highest BCUT2D eigenvalue weighted by atomic mass is 32.1. The third-order valence-corrected chi connectivity index (χ3v) is 12.7. The van der Waals surface area contributed by atoms with Gasteiger partial charge in [0.05, 0.1) is 0 Å². The molecule has 2 aliphatic rings. The van der Waals surface area contributed by atoms with Crippen LogP contribution in [0.3, 0.4) is 0 Å². The van der Waals surface area contributed by atoms with E-state index in [0.29, 0.717) is 5.41 Å². The van der Waals surface area contributed by atoms with Gasteiger partial charge in [0.1, 0.15) is 0 Å². The summed E-state index contributed by atoms with van der Waals surface area (Å²) < 4.78 is 2.65. The summed E-state index contributed by atoms with van der Waals surface area (Å²) in [5.74, 6) is 0.934. The lowest BCUT2D eigenvalue weighted by atomic mass is 9.65. The Kier molecular flexibility index (Phi) is 7.85. The van der Waals surface area contributed by atoms with Crippen molar-refractivity contribution in [3.8, 4) is 22.3 Å². The molecule has 9 rings (SSSR count). The molecule has 7 aromatic rings. The van der Waals surface area contributed by atoms with Gasteiger partial charge in [-0.05, 0) is 113 Å². The lowest BCUT2D eigenvalue weighted by Gasteiger charge is -2.40. The Bertz CT molecular complexity index is 2250. The number of anilines is 3. The van der Waals surface area contributed by atoms with Gasteiger partial charge in [-0.15, -0.1) is 11.3 Å². The number of hydrogen-bond acceptors (Lipinski definition) is 2. The third kappa shape index (κ3) is 5.67. The average Bonchev–Trinajstić information content (AvgIpc) is 3.45. The SMILES string of the molecule is Cc1cc(-c2ccc(C34CCCCC(CCC3)C4)cc2)ccc1N(c1ccc(-c2ccccc2)cc1)c1ccc2c(c1)sc1ccccc12. The second-order valence-corrected chi connectivity index (χ2v) is 15.7. The Morgan fingerprint density at radius 1 is 0.551 bits per heavy atom. The van der Waals surface area contributed by atoms with Crippen molar-refractivity contribution >= 4 is 48.6 Å². The molecule has 2 atom stereocenters. The molecule has 0 saturated heterocycles. The number of aryl methyl sites for hydroxylation is 1. The van der Waals surface area contributed by atoms with E-state index in [2.05, 4.69) is 151 Å². The zero-order valence-corrected chi connectivity index (χ0v) is 29.2. The summed E-state index contributed by atoms with van der Waals surface area (Å²) in [6.07, 6.45) is 11.2. The zero-order valence-electron chi connectivity index (χ0n) is 28.4. The van der Waals surface area contributed by atoms with E-state index < -0.39 is 0 Å². The standard InChI is InChI=1S/C47H43NS/c1-33-30-38(37-16-21-39(22-17-37)47-28-8-7-10-34(32-47)11-9-29-47)20-27-44(33)48(40-23-18-36(19-24-40)35-12-3-2-4-13-35)41-25-26-43-42-14-5-6-15-45(42)49-46(43)31-41/h2-6,12-27,30-31,34H,7-11,28-29,32H2,1H3. The molecule has 0 radical (unpaired) electrons. The second kappa shape index (κ2) is 12.7. The number of thiophene rings is 1. The minimum atomic E-state index is 0.407. The minimum absolute atomic E-state index is 0.407. The molecule has 1 aromatic heterocycles. The van der Waals surface area contributed by atoms with Crippen molar-refractivity contribution in [1.82, 2.24) is 0 Å². The summed E-state index contributed by atoms with van der Waals surface area (Å²) in [6.45, 7) is 2.27. The third-order valence-electron chi connectivity index (χ3n) is 11.6. The van der Waals surface area contributed by atoms with E-state index in [0.717, 1.165) is 11.6 Å². The molecule has 1 nitrogen and oxygen atoms in total. The molecule has 2 heteroatoms. The molecular formula is C47H43NS. The largest absolute Gasteiger partial charge is 0.310 e. The Hall–Kier alpha value is -4.66. The molecule has 242 valence electrons. The summed E-state index contributed by atoms with van der Waals surface area (Å²) in [4.78, 5) is 2.44. The summed E-state index contributed by atoms with van der Waals surface area (Å²) >= 11 is 1.88. The van der Waals surface area contributed by atoms with E-state index in [9.17, 15) is 0 Å². The Balaban J connectivity index is 1.09. The quantitative estimate of drug-likeness (QED) is 0.173. The smallest absolute Gasteiger partial charge is 0.0491 e. The fourth-order valence-electron chi connectivity index (χ4n) is 9.08. The first-order chi connectivity index (χ1) is 24.1. The van der Waals surface area contributed by atoms with Gasteiger partial charge in [0.25, 0.3) is 0 Å². The van der Waals surface area contributed by atoms with Crippen molar-refractivity contribution in [3.63, 3.8) is 0 Å². The van der Waals surface area contributed by atoms with Gasteiger partial charge in [0.2, 0.25) is 0 Å². The van der Waals surface area contributed by atoms with Gasteiger partial charge in [-0.2, -0.15) is 0 Å². The van der Waals surface area contributed by atoms with Crippen molar-refractivity contribution in [2.75, 3.05) is 4.90 Å². The van der Waals surface area contributed by atoms with Gasteiger partial charge in [0.15, 0.2) is 0 Å². The molecule has 0 amide bonds. The molecule has 2 unspecified atom stereocenters. The van der Waals surface area contributed by atoms with Crippen LogP contribution in [0.15, 0.2) is 140 Å². The van der Waals surface area contributed by atoms with Crippen LogP contribution in [0.25, 0.3) is 42.4 Å². The van der Waals surface area contributed by atoms with Crippen LogP contribution in [0.5, 0.6) is 0 Å². The normalized spacial score (nSPS) is 19.2. The van der Waals surface area contributed by atoms with Crippen molar-refractivity contribution in [2.45, 2.75) is 63.7 Å². The number of fused-ring (bicyclic) bond motifs is 5. The lowest BCUT2D eigenvalue weighted by Crippen LogP contribution is -2.31. The Labute approximate surface area is 294 Å². The fourth-order valence-corrected chi connectivity index (χ4v) is 10.2. The van der Waals surface area contributed by atoms with Gasteiger partial charge in [-0.1, -0.05) is 129 Å². The summed E-state index contributed by atoms with van der Waals surface area (Å²) in [5, 5.41) is 2.66. The van der Waals surface area contributed by atoms with E-state index in [-0.39, 0.29) is 0 Å². The monoisotopic (exact) mass is 653 g/mol. The highest BCUT2D eigenvalue weighted by molar-refractivity contribution is 7.25. The van der Waals surface area contributed by atoms with E-state index in [1.54, 1.807) is 5.56 Å². The number of hydrogen-bond donors (Lipinski definition) is 0. The van der Waals surface area contributed by atoms with Crippen molar-refractivity contribution in [3.05, 3.63) is 151 Å². The molecular weight excluding hydrogens is 611 g/mol. The highest BCUT2D eigenvalue weighted by Crippen LogP contribution is 2.49. The van der Waals surface area contributed by atoms with Gasteiger partial charge in [0, 0.05) is 37.2 Å². The molecule has 2 fully saturated rings. The molecule has 0 aliphatic heterocycles. The highest BCUT2D eigenvalue weighted by Gasteiger charge is 2.38. The van der Waals surface area contributed by atoms with Crippen LogP contribution in [-0.4, -0.2) is 0 Å². The van der Waals surface area contributed by atoms with Crippen LogP contribution in [0.2, 0.25) is 0 Å². The Morgan fingerprint density at radius 2 is 1.20 bits per heavy atom. The van der Waals surface area contributed by atoms with Crippen molar-refractivity contribution < 1.29 is 0 Å². The maximum absolute atomic E-state index is 2.47. The van der Waals surface area contributed by atoms with Crippen LogP contribution < -0.4 is 4.90 Å². The van der Waals surface area contributed by atoms with E-state index >= 15 is 0 Å². The van der Waals surface area contributed by atoms with Crippen LogP contribution >= 0.6 is 11.3 Å². The number of benzene rings is 6. The summed E-state index contributed by atoms with van der Waals surface area (Å²) in [7, 11) is 0. The summed E-state index contributed by atoms with van der Waals surface area (Å²) in [6, 6.07) is 52.2. The van der Waals surface area contributed by atoms with Crippen molar-refractivity contribution in [2.24, 2.45) is 5.92 Å². The van der Waals surface area contributed by atoms with Crippen molar-refractivity contribution in [1.29, 1.82) is 0 Å². The molecule has 1 heterocycles. The topological polar surface area (TPSA) is 3.24 Å². The Morgan fingerprint density at radius 3 is 2.04 bits per heavy atom. The van der Waals surface area contributed by atoms with Gasteiger partial charge >= 0.3 is 0 Å². The predicted octanol–water partition coefficient (Wildman–Crippen LogP) is 14.2. The van der Waals surface area contributed by atoms with Crippen LogP contribution in [0, 0.1) is 12.8 Å².